The number of carboxylic acids is 1. The number of hydrogen-bond acceptors (Lipinski definition) is 3. The summed E-state index contributed by atoms with van der Waals surface area (Å²) in [4.78, 5) is 13.1. The first-order valence-corrected chi connectivity index (χ1v) is 5.25. The fourth-order valence-corrected chi connectivity index (χ4v) is 2.10. The molecule has 1 aliphatic rings. The van der Waals surface area contributed by atoms with Crippen LogP contribution in [0, 0.1) is 11.8 Å². The maximum Gasteiger partial charge on any atom is 0.309 e. The molecule has 0 spiro atoms. The third-order valence-electron chi connectivity index (χ3n) is 3.16. The van der Waals surface area contributed by atoms with Crippen LogP contribution in [0.1, 0.15) is 19.8 Å². The summed E-state index contributed by atoms with van der Waals surface area (Å²) >= 11 is 0. The van der Waals surface area contributed by atoms with Crippen LogP contribution in [0.4, 0.5) is 0 Å². The summed E-state index contributed by atoms with van der Waals surface area (Å²) in [5.41, 5.74) is 0. The number of piperidine rings is 1. The van der Waals surface area contributed by atoms with Gasteiger partial charge in [0, 0.05) is 0 Å². The molecular weight excluding hydrogens is 182 g/mol. The number of likely N-dealkylation sites (tertiary alicyclic amines) is 1. The number of aliphatic hydroxyl groups is 1. The van der Waals surface area contributed by atoms with Gasteiger partial charge < -0.3 is 15.1 Å². The van der Waals surface area contributed by atoms with E-state index < -0.39 is 11.9 Å². The maximum atomic E-state index is 10.8. The molecule has 14 heavy (non-hydrogen) atoms. The zero-order valence-electron chi connectivity index (χ0n) is 8.65. The largest absolute Gasteiger partial charge is 0.481 e. The summed E-state index contributed by atoms with van der Waals surface area (Å²) in [6, 6.07) is 0. The van der Waals surface area contributed by atoms with Crippen LogP contribution in [-0.2, 0) is 4.79 Å². The number of carbonyl (C=O) groups is 1. The van der Waals surface area contributed by atoms with Crippen LogP contribution >= 0.6 is 0 Å². The van der Waals surface area contributed by atoms with Gasteiger partial charge in [-0.2, -0.15) is 0 Å². The molecule has 0 saturated carbocycles. The van der Waals surface area contributed by atoms with Crippen LogP contribution in [0.2, 0.25) is 0 Å². The average Bonchev–Trinajstić information content (AvgIpc) is 2.19. The minimum atomic E-state index is -0.859. The third-order valence-corrected chi connectivity index (χ3v) is 3.16. The lowest BCUT2D eigenvalue weighted by molar-refractivity contribution is -0.146. The molecule has 1 rings (SSSR count). The van der Waals surface area contributed by atoms with Gasteiger partial charge in [-0.15, -0.1) is 0 Å². The lowest BCUT2D eigenvalue weighted by Crippen LogP contribution is -2.38. The zero-order chi connectivity index (χ0) is 10.6. The minimum Gasteiger partial charge on any atom is -0.481 e. The van der Waals surface area contributed by atoms with E-state index in [9.17, 15) is 4.79 Å². The molecule has 0 aromatic rings. The van der Waals surface area contributed by atoms with Crippen LogP contribution in [0.25, 0.3) is 0 Å². The lowest BCUT2D eigenvalue weighted by atomic mass is 9.85. The lowest BCUT2D eigenvalue weighted by Gasteiger charge is -2.33. The van der Waals surface area contributed by atoms with Crippen molar-refractivity contribution in [3.05, 3.63) is 0 Å². The fourth-order valence-electron chi connectivity index (χ4n) is 2.10. The van der Waals surface area contributed by atoms with E-state index in [4.69, 9.17) is 10.2 Å². The maximum absolute atomic E-state index is 10.8. The predicted octanol–water partition coefficient (Wildman–Crippen LogP) is 0.411. The molecule has 0 amide bonds. The van der Waals surface area contributed by atoms with Gasteiger partial charge in [-0.1, -0.05) is 6.92 Å². The van der Waals surface area contributed by atoms with Crippen LogP contribution < -0.4 is 0 Å². The van der Waals surface area contributed by atoms with E-state index in [1.165, 1.54) is 0 Å². The van der Waals surface area contributed by atoms with Crippen molar-refractivity contribution in [3.63, 3.8) is 0 Å². The second kappa shape index (κ2) is 5.32. The topological polar surface area (TPSA) is 60.8 Å². The molecule has 0 radical (unpaired) electrons. The van der Waals surface area contributed by atoms with Crippen molar-refractivity contribution < 1.29 is 15.0 Å². The highest BCUT2D eigenvalue weighted by Crippen LogP contribution is 2.24. The van der Waals surface area contributed by atoms with Gasteiger partial charge in [0.2, 0.25) is 0 Å². The normalized spacial score (nSPS) is 22.1. The molecule has 1 atom stereocenters. The molecule has 0 aromatic heterocycles. The summed E-state index contributed by atoms with van der Waals surface area (Å²) in [5, 5.41) is 17.9. The number of aliphatic hydroxyl groups excluding tert-OH is 1. The van der Waals surface area contributed by atoms with Crippen LogP contribution in [0.3, 0.4) is 0 Å². The Labute approximate surface area is 84.5 Å². The molecular formula is C10H19NO3. The molecule has 0 aromatic carbocycles. The van der Waals surface area contributed by atoms with Gasteiger partial charge in [0.1, 0.15) is 0 Å². The highest BCUT2D eigenvalue weighted by atomic mass is 16.4. The average molecular weight is 201 g/mol. The Morgan fingerprint density at radius 3 is 2.43 bits per heavy atom. The SMILES string of the molecule is CCN1CCC(C(CO)C(=O)O)CC1. The molecule has 2 N–H and O–H groups in total. The van der Waals surface area contributed by atoms with Gasteiger partial charge in [0.05, 0.1) is 12.5 Å². The van der Waals surface area contributed by atoms with Crippen LogP contribution in [0.5, 0.6) is 0 Å². The van der Waals surface area contributed by atoms with E-state index in [0.29, 0.717) is 0 Å². The quantitative estimate of drug-likeness (QED) is 0.691. The molecule has 0 aliphatic carbocycles. The summed E-state index contributed by atoms with van der Waals surface area (Å²) in [5.74, 6) is -1.27. The van der Waals surface area contributed by atoms with E-state index in [1.54, 1.807) is 0 Å². The molecule has 1 aliphatic heterocycles. The first kappa shape index (κ1) is 11.5. The fraction of sp³-hybridized carbons (Fsp3) is 0.900. The van der Waals surface area contributed by atoms with Crippen LogP contribution in [0.15, 0.2) is 0 Å². The molecule has 1 saturated heterocycles. The highest BCUT2D eigenvalue weighted by molar-refractivity contribution is 5.70. The second-order valence-corrected chi connectivity index (χ2v) is 3.90. The monoisotopic (exact) mass is 201 g/mol. The Morgan fingerprint density at radius 1 is 1.50 bits per heavy atom. The van der Waals surface area contributed by atoms with Crippen molar-refractivity contribution in [2.24, 2.45) is 11.8 Å². The summed E-state index contributed by atoms with van der Waals surface area (Å²) in [6.45, 7) is 4.84. The molecule has 1 fully saturated rings. The number of nitrogens with zero attached hydrogens (tertiary/aromatic N) is 1. The third kappa shape index (κ3) is 2.69. The number of rotatable bonds is 4. The smallest absolute Gasteiger partial charge is 0.309 e. The van der Waals surface area contributed by atoms with Crippen molar-refractivity contribution in [2.45, 2.75) is 19.8 Å². The molecule has 4 nitrogen and oxygen atoms in total. The summed E-state index contributed by atoms with van der Waals surface area (Å²) in [6.07, 6.45) is 1.79. The van der Waals surface area contributed by atoms with Crippen molar-refractivity contribution in [1.82, 2.24) is 4.90 Å². The number of carboxylic acid groups (broad SMARTS) is 1. The Kier molecular flexibility index (Phi) is 4.35. The van der Waals surface area contributed by atoms with Gasteiger partial charge in [-0.3, -0.25) is 4.79 Å². The minimum absolute atomic E-state index is 0.153. The van der Waals surface area contributed by atoms with Gasteiger partial charge in [-0.25, -0.2) is 0 Å². The van der Waals surface area contributed by atoms with Crippen LogP contribution in [-0.4, -0.2) is 47.3 Å². The number of aliphatic carboxylic acids is 1. The summed E-state index contributed by atoms with van der Waals surface area (Å²) in [7, 11) is 0. The van der Waals surface area contributed by atoms with Crippen molar-refractivity contribution in [2.75, 3.05) is 26.2 Å². The predicted molar refractivity (Wildman–Crippen MR) is 53.0 cm³/mol. The van der Waals surface area contributed by atoms with Gasteiger partial charge in [0.25, 0.3) is 0 Å². The molecule has 4 heteroatoms. The second-order valence-electron chi connectivity index (χ2n) is 3.90. The van der Waals surface area contributed by atoms with Crippen molar-refractivity contribution in [3.8, 4) is 0 Å². The number of hydrogen-bond donors (Lipinski definition) is 2. The Hall–Kier alpha value is -0.610. The van der Waals surface area contributed by atoms with Crippen molar-refractivity contribution >= 4 is 5.97 Å². The highest BCUT2D eigenvalue weighted by Gasteiger charge is 2.30. The van der Waals surface area contributed by atoms with E-state index >= 15 is 0 Å². The van der Waals surface area contributed by atoms with Gasteiger partial charge in [-0.05, 0) is 38.4 Å². The summed E-state index contributed by atoms with van der Waals surface area (Å²) < 4.78 is 0. The Balaban J connectivity index is 2.43. The molecule has 1 heterocycles. The first-order chi connectivity index (χ1) is 6.69. The first-order valence-electron chi connectivity index (χ1n) is 5.25. The molecule has 0 bridgehead atoms. The van der Waals surface area contributed by atoms with E-state index in [-0.39, 0.29) is 12.5 Å². The van der Waals surface area contributed by atoms with Gasteiger partial charge in [0.15, 0.2) is 0 Å². The van der Waals surface area contributed by atoms with Gasteiger partial charge >= 0.3 is 5.97 Å². The molecule has 1 unspecified atom stereocenters. The van der Waals surface area contributed by atoms with Crippen molar-refractivity contribution in [1.29, 1.82) is 0 Å². The van der Waals surface area contributed by atoms with E-state index in [0.717, 1.165) is 32.5 Å². The Bertz CT molecular complexity index is 188. The molecule has 82 valence electrons. The van der Waals surface area contributed by atoms with E-state index in [2.05, 4.69) is 11.8 Å². The van der Waals surface area contributed by atoms with E-state index in [1.807, 2.05) is 0 Å². The standard InChI is InChI=1S/C10H19NO3/c1-2-11-5-3-8(4-6-11)9(7-12)10(13)14/h8-9,12H,2-7H2,1H3,(H,13,14). The zero-order valence-corrected chi connectivity index (χ0v) is 8.65. The Morgan fingerprint density at radius 2 is 2.07 bits per heavy atom.